The molecule has 106 valence electrons. The average molecular weight is 257 g/mol. The topological polar surface area (TPSA) is 87.7 Å². The number of hydrogen-bond acceptors (Lipinski definition) is 3. The number of hydrogen-bond donors (Lipinski definition) is 3. The maximum atomic E-state index is 12.3. The Hall–Kier alpha value is -1.26. The van der Waals surface area contributed by atoms with Crippen LogP contribution in [0.5, 0.6) is 0 Å². The number of amidine groups is 1. The standard InChI is InChI=1S/C13H27N3O2/c1-6-13(7-2,11(14)16-18)12(17)15-10(5)8-9(3)4/h9-10,18H,6-8H2,1-5H3,(H2,14,16)(H,15,17). The molecule has 1 amide bonds. The third-order valence-electron chi connectivity index (χ3n) is 3.44. The maximum Gasteiger partial charge on any atom is 0.234 e. The van der Waals surface area contributed by atoms with Crippen LogP contribution in [-0.2, 0) is 4.79 Å². The van der Waals surface area contributed by atoms with E-state index in [0.717, 1.165) is 6.42 Å². The van der Waals surface area contributed by atoms with Gasteiger partial charge in [0, 0.05) is 6.04 Å². The minimum Gasteiger partial charge on any atom is -0.409 e. The number of nitrogens with one attached hydrogen (secondary N) is 1. The molecule has 0 fully saturated rings. The molecule has 1 unspecified atom stereocenters. The fourth-order valence-electron chi connectivity index (χ4n) is 2.27. The molecule has 0 radical (unpaired) electrons. The number of carbonyl (C=O) groups excluding carboxylic acids is 1. The molecule has 5 heteroatoms. The van der Waals surface area contributed by atoms with Crippen LogP contribution in [0.4, 0.5) is 0 Å². The van der Waals surface area contributed by atoms with E-state index in [-0.39, 0.29) is 17.8 Å². The Balaban J connectivity index is 4.89. The second-order valence-electron chi connectivity index (χ2n) is 5.28. The van der Waals surface area contributed by atoms with E-state index < -0.39 is 5.41 Å². The van der Waals surface area contributed by atoms with Crippen molar-refractivity contribution in [3.05, 3.63) is 0 Å². The number of oxime groups is 1. The predicted octanol–water partition coefficient (Wildman–Crippen LogP) is 2.09. The number of carbonyl (C=O) groups is 1. The summed E-state index contributed by atoms with van der Waals surface area (Å²) in [5, 5.41) is 14.8. The zero-order valence-corrected chi connectivity index (χ0v) is 12.2. The first kappa shape index (κ1) is 16.7. The fraction of sp³-hybridized carbons (Fsp3) is 0.846. The van der Waals surface area contributed by atoms with E-state index in [4.69, 9.17) is 10.9 Å². The van der Waals surface area contributed by atoms with E-state index >= 15 is 0 Å². The summed E-state index contributed by atoms with van der Waals surface area (Å²) >= 11 is 0. The molecule has 0 aromatic carbocycles. The van der Waals surface area contributed by atoms with Crippen molar-refractivity contribution < 1.29 is 10.0 Å². The molecule has 0 aliphatic carbocycles. The SMILES string of the molecule is CCC(CC)(C(=O)NC(C)CC(C)C)C(N)=NO. The summed E-state index contributed by atoms with van der Waals surface area (Å²) in [5.41, 5.74) is 4.79. The minimum absolute atomic E-state index is 0.0123. The van der Waals surface area contributed by atoms with E-state index in [1.807, 2.05) is 20.8 Å². The van der Waals surface area contributed by atoms with Crippen LogP contribution in [0.3, 0.4) is 0 Å². The van der Waals surface area contributed by atoms with Crippen molar-refractivity contribution in [2.24, 2.45) is 22.2 Å². The van der Waals surface area contributed by atoms with Gasteiger partial charge < -0.3 is 16.3 Å². The number of nitrogens with zero attached hydrogens (tertiary/aromatic N) is 1. The van der Waals surface area contributed by atoms with E-state index in [1.54, 1.807) is 0 Å². The Morgan fingerprint density at radius 3 is 2.17 bits per heavy atom. The van der Waals surface area contributed by atoms with Gasteiger partial charge in [-0.15, -0.1) is 0 Å². The van der Waals surface area contributed by atoms with Crippen molar-refractivity contribution in [1.29, 1.82) is 0 Å². The Morgan fingerprint density at radius 2 is 1.83 bits per heavy atom. The van der Waals surface area contributed by atoms with Crippen molar-refractivity contribution >= 4 is 11.7 Å². The maximum absolute atomic E-state index is 12.3. The van der Waals surface area contributed by atoms with Gasteiger partial charge in [0.1, 0.15) is 5.41 Å². The molecule has 0 bridgehead atoms. The summed E-state index contributed by atoms with van der Waals surface area (Å²) in [6.45, 7) is 9.93. The second kappa shape index (κ2) is 7.24. The summed E-state index contributed by atoms with van der Waals surface area (Å²) in [7, 11) is 0. The van der Waals surface area contributed by atoms with Crippen LogP contribution in [0.1, 0.15) is 53.9 Å². The third kappa shape index (κ3) is 3.89. The highest BCUT2D eigenvalue weighted by atomic mass is 16.4. The molecule has 5 nitrogen and oxygen atoms in total. The second-order valence-corrected chi connectivity index (χ2v) is 5.28. The summed E-state index contributed by atoms with van der Waals surface area (Å²) in [6, 6.07) is 0.0847. The van der Waals surface area contributed by atoms with Crippen LogP contribution in [0, 0.1) is 11.3 Å². The summed E-state index contributed by atoms with van der Waals surface area (Å²) in [4.78, 5) is 12.3. The van der Waals surface area contributed by atoms with Crippen LogP contribution in [0.25, 0.3) is 0 Å². The summed E-state index contributed by atoms with van der Waals surface area (Å²) in [6.07, 6.45) is 1.94. The number of rotatable bonds is 7. The molecular formula is C13H27N3O2. The normalized spacial score (nSPS) is 14.7. The average Bonchev–Trinajstić information content (AvgIpc) is 2.29. The van der Waals surface area contributed by atoms with Crippen LogP contribution < -0.4 is 11.1 Å². The predicted molar refractivity (Wildman–Crippen MR) is 73.5 cm³/mol. The molecule has 0 rings (SSSR count). The molecule has 0 aliphatic heterocycles. The van der Waals surface area contributed by atoms with E-state index in [1.165, 1.54) is 0 Å². The Labute approximate surface area is 110 Å². The van der Waals surface area contributed by atoms with Gasteiger partial charge in [-0.25, -0.2) is 0 Å². The van der Waals surface area contributed by atoms with Crippen molar-refractivity contribution in [1.82, 2.24) is 5.32 Å². The van der Waals surface area contributed by atoms with Crippen molar-refractivity contribution in [2.75, 3.05) is 0 Å². The zero-order chi connectivity index (χ0) is 14.3. The summed E-state index contributed by atoms with van der Waals surface area (Å²) < 4.78 is 0. The first-order valence-corrected chi connectivity index (χ1v) is 6.62. The lowest BCUT2D eigenvalue weighted by molar-refractivity contribution is -0.128. The molecule has 0 saturated heterocycles. The Kier molecular flexibility index (Phi) is 6.73. The Bertz CT molecular complexity index is 297. The third-order valence-corrected chi connectivity index (χ3v) is 3.44. The van der Waals surface area contributed by atoms with Gasteiger partial charge in [0.15, 0.2) is 5.84 Å². The minimum atomic E-state index is -0.903. The molecule has 0 spiro atoms. The number of nitrogens with two attached hydrogens (primary N) is 1. The molecule has 0 saturated carbocycles. The van der Waals surface area contributed by atoms with Crippen LogP contribution in [0.15, 0.2) is 5.16 Å². The molecular weight excluding hydrogens is 230 g/mol. The zero-order valence-electron chi connectivity index (χ0n) is 12.2. The van der Waals surface area contributed by atoms with Gasteiger partial charge in [0.05, 0.1) is 0 Å². The van der Waals surface area contributed by atoms with Gasteiger partial charge in [0.2, 0.25) is 5.91 Å². The first-order valence-electron chi connectivity index (χ1n) is 6.62. The van der Waals surface area contributed by atoms with E-state index in [9.17, 15) is 4.79 Å². The highest BCUT2D eigenvalue weighted by molar-refractivity contribution is 6.06. The quantitative estimate of drug-likeness (QED) is 0.282. The lowest BCUT2D eigenvalue weighted by Gasteiger charge is -2.30. The van der Waals surface area contributed by atoms with Crippen molar-refractivity contribution in [2.45, 2.75) is 59.9 Å². The van der Waals surface area contributed by atoms with Crippen LogP contribution >= 0.6 is 0 Å². The van der Waals surface area contributed by atoms with Crippen LogP contribution in [0.2, 0.25) is 0 Å². The van der Waals surface area contributed by atoms with Gasteiger partial charge >= 0.3 is 0 Å². The van der Waals surface area contributed by atoms with Gasteiger partial charge in [-0.2, -0.15) is 0 Å². The van der Waals surface area contributed by atoms with Gasteiger partial charge in [-0.1, -0.05) is 32.9 Å². The highest BCUT2D eigenvalue weighted by Gasteiger charge is 2.40. The molecule has 0 aliphatic rings. The molecule has 18 heavy (non-hydrogen) atoms. The highest BCUT2D eigenvalue weighted by Crippen LogP contribution is 2.27. The molecule has 0 aromatic heterocycles. The largest absolute Gasteiger partial charge is 0.409 e. The molecule has 0 aromatic rings. The van der Waals surface area contributed by atoms with Crippen molar-refractivity contribution in [3.63, 3.8) is 0 Å². The molecule has 0 heterocycles. The van der Waals surface area contributed by atoms with Gasteiger partial charge in [0.25, 0.3) is 0 Å². The van der Waals surface area contributed by atoms with Gasteiger partial charge in [-0.3, -0.25) is 4.79 Å². The van der Waals surface area contributed by atoms with Crippen molar-refractivity contribution in [3.8, 4) is 0 Å². The first-order chi connectivity index (χ1) is 8.33. The monoisotopic (exact) mass is 257 g/mol. The molecule has 4 N–H and O–H groups in total. The fourth-order valence-corrected chi connectivity index (χ4v) is 2.27. The smallest absolute Gasteiger partial charge is 0.234 e. The van der Waals surface area contributed by atoms with Crippen LogP contribution in [-0.4, -0.2) is 23.0 Å². The van der Waals surface area contributed by atoms with E-state index in [0.29, 0.717) is 18.8 Å². The van der Waals surface area contributed by atoms with E-state index in [2.05, 4.69) is 24.3 Å². The van der Waals surface area contributed by atoms with Gasteiger partial charge in [-0.05, 0) is 32.1 Å². The summed E-state index contributed by atoms with van der Waals surface area (Å²) in [5.74, 6) is 0.347. The lowest BCUT2D eigenvalue weighted by Crippen LogP contribution is -2.51. The lowest BCUT2D eigenvalue weighted by atomic mass is 9.80. The number of amides is 1. The Morgan fingerprint density at radius 1 is 1.33 bits per heavy atom. The molecule has 1 atom stereocenters.